The third kappa shape index (κ3) is 10.5. The van der Waals surface area contributed by atoms with Crippen molar-refractivity contribution < 1.29 is 23.5 Å². The molecule has 186 valence electrons. The molecule has 9 heteroatoms. The maximum Gasteiger partial charge on any atom is 0.410 e. The Balaban J connectivity index is 2.10. The van der Waals surface area contributed by atoms with Crippen LogP contribution in [0.25, 0.3) is 0 Å². The van der Waals surface area contributed by atoms with Crippen molar-refractivity contribution in [3.05, 3.63) is 35.6 Å². The number of halogens is 1. The Hall–Kier alpha value is -2.23. The molecule has 33 heavy (non-hydrogen) atoms. The van der Waals surface area contributed by atoms with Gasteiger partial charge in [0.05, 0.1) is 13.7 Å². The van der Waals surface area contributed by atoms with E-state index < -0.39 is 11.7 Å². The third-order valence-electron chi connectivity index (χ3n) is 5.53. The van der Waals surface area contributed by atoms with E-state index in [9.17, 15) is 14.0 Å². The summed E-state index contributed by atoms with van der Waals surface area (Å²) < 4.78 is 23.8. The molecule has 2 rings (SSSR count). The molecule has 1 atom stereocenters. The topological polar surface area (TPSA) is 74.4 Å². The molecule has 1 aliphatic heterocycles. The van der Waals surface area contributed by atoms with E-state index in [0.29, 0.717) is 6.54 Å². The first-order chi connectivity index (χ1) is 15.6. The highest BCUT2D eigenvalue weighted by atomic mass is 19.1. The lowest BCUT2D eigenvalue weighted by Crippen LogP contribution is -2.49. The number of nitrogens with one attached hydrogen (secondary N) is 1. The Kier molecular flexibility index (Phi) is 10.5. The Morgan fingerprint density at radius 2 is 1.79 bits per heavy atom. The van der Waals surface area contributed by atoms with Gasteiger partial charge in [-0.3, -0.25) is 4.79 Å². The summed E-state index contributed by atoms with van der Waals surface area (Å²) in [5, 5.41) is 3.24. The number of benzene rings is 1. The molecule has 0 aliphatic carbocycles. The Labute approximate surface area is 197 Å². The van der Waals surface area contributed by atoms with Crippen LogP contribution in [0.15, 0.2) is 24.3 Å². The van der Waals surface area contributed by atoms with Crippen molar-refractivity contribution in [1.82, 2.24) is 20.0 Å². The summed E-state index contributed by atoms with van der Waals surface area (Å²) in [5.41, 5.74) is 0.153. The van der Waals surface area contributed by atoms with Crippen LogP contribution in [0, 0.1) is 5.82 Å². The maximum atomic E-state index is 13.4. The molecule has 0 spiro atoms. The minimum Gasteiger partial charge on any atom is -0.468 e. The van der Waals surface area contributed by atoms with Crippen molar-refractivity contribution >= 4 is 12.1 Å². The van der Waals surface area contributed by atoms with Gasteiger partial charge in [0, 0.05) is 45.3 Å². The Bertz CT molecular complexity index is 746. The van der Waals surface area contributed by atoms with Gasteiger partial charge in [0.2, 0.25) is 0 Å². The summed E-state index contributed by atoms with van der Waals surface area (Å²) in [6.07, 6.45) is 0.306. The van der Waals surface area contributed by atoms with Gasteiger partial charge in [-0.25, -0.2) is 9.18 Å². The highest BCUT2D eigenvalue weighted by Crippen LogP contribution is 2.15. The van der Waals surface area contributed by atoms with Crippen molar-refractivity contribution in [1.29, 1.82) is 0 Å². The molecular formula is C24H39FN4O4. The van der Waals surface area contributed by atoms with E-state index in [4.69, 9.17) is 9.47 Å². The quantitative estimate of drug-likeness (QED) is 0.531. The standard InChI is InChI=1S/C24H39FN4O4/c1-24(2,3)33-23(31)29(17-19-6-8-20(25)9-7-19)18-21(26-16-22(30)32-5)10-11-28-14-12-27(4)13-15-28/h6-9,21,26H,10-18H2,1-5H3. The zero-order valence-corrected chi connectivity index (χ0v) is 20.6. The number of nitrogens with zero attached hydrogens (tertiary/aromatic N) is 3. The largest absolute Gasteiger partial charge is 0.468 e. The van der Waals surface area contributed by atoms with Crippen LogP contribution in [-0.4, -0.2) is 98.4 Å². The third-order valence-corrected chi connectivity index (χ3v) is 5.53. The van der Waals surface area contributed by atoms with Crippen LogP contribution in [-0.2, 0) is 20.8 Å². The van der Waals surface area contributed by atoms with Crippen LogP contribution in [0.3, 0.4) is 0 Å². The smallest absolute Gasteiger partial charge is 0.410 e. The molecule has 1 N–H and O–H groups in total. The molecule has 1 unspecified atom stereocenters. The predicted octanol–water partition coefficient (Wildman–Crippen LogP) is 2.33. The van der Waals surface area contributed by atoms with Crippen molar-refractivity contribution in [2.45, 2.75) is 45.4 Å². The van der Waals surface area contributed by atoms with Crippen molar-refractivity contribution in [2.24, 2.45) is 0 Å². The average Bonchev–Trinajstić information content (AvgIpc) is 2.76. The van der Waals surface area contributed by atoms with Crippen LogP contribution < -0.4 is 5.32 Å². The lowest BCUT2D eigenvalue weighted by Gasteiger charge is -2.34. The van der Waals surface area contributed by atoms with Crippen LogP contribution in [0.2, 0.25) is 0 Å². The first-order valence-electron chi connectivity index (χ1n) is 11.5. The van der Waals surface area contributed by atoms with Gasteiger partial charge in [-0.15, -0.1) is 0 Å². The number of rotatable bonds is 10. The second kappa shape index (κ2) is 12.9. The lowest BCUT2D eigenvalue weighted by atomic mass is 10.1. The number of likely N-dealkylation sites (N-methyl/N-ethyl adjacent to an activating group) is 1. The summed E-state index contributed by atoms with van der Waals surface area (Å²) in [4.78, 5) is 31.0. The molecule has 1 amide bonds. The molecule has 1 aromatic rings. The van der Waals surface area contributed by atoms with E-state index in [1.54, 1.807) is 17.0 Å². The number of carbonyl (C=O) groups is 2. The Morgan fingerprint density at radius 3 is 2.36 bits per heavy atom. The molecular weight excluding hydrogens is 427 g/mol. The van der Waals surface area contributed by atoms with Crippen molar-refractivity contribution in [3.63, 3.8) is 0 Å². The van der Waals surface area contributed by atoms with E-state index in [2.05, 4.69) is 22.2 Å². The minimum atomic E-state index is -0.646. The number of hydrogen-bond acceptors (Lipinski definition) is 7. The maximum absolute atomic E-state index is 13.4. The number of amides is 1. The molecule has 1 aliphatic rings. The highest BCUT2D eigenvalue weighted by Gasteiger charge is 2.26. The normalized spacial score (nSPS) is 16.3. The summed E-state index contributed by atoms with van der Waals surface area (Å²) in [5.74, 6) is -0.686. The van der Waals surface area contributed by atoms with Gasteiger partial charge in [-0.05, 0) is 58.5 Å². The van der Waals surface area contributed by atoms with Gasteiger partial charge in [0.1, 0.15) is 11.4 Å². The van der Waals surface area contributed by atoms with E-state index in [-0.39, 0.29) is 30.9 Å². The van der Waals surface area contributed by atoms with Crippen LogP contribution in [0.4, 0.5) is 9.18 Å². The molecule has 1 heterocycles. The fraction of sp³-hybridized carbons (Fsp3) is 0.667. The van der Waals surface area contributed by atoms with Gasteiger partial charge >= 0.3 is 12.1 Å². The first kappa shape index (κ1) is 27.0. The van der Waals surface area contributed by atoms with Gasteiger partial charge in [-0.2, -0.15) is 0 Å². The zero-order valence-electron chi connectivity index (χ0n) is 20.6. The molecule has 0 saturated carbocycles. The van der Waals surface area contributed by atoms with Crippen molar-refractivity contribution in [2.75, 3.05) is 60.0 Å². The summed E-state index contributed by atoms with van der Waals surface area (Å²) in [6, 6.07) is 5.94. The number of methoxy groups -OCH3 is 1. The molecule has 1 saturated heterocycles. The van der Waals surface area contributed by atoms with Gasteiger partial charge in [0.15, 0.2) is 0 Å². The van der Waals surface area contributed by atoms with Crippen LogP contribution in [0.5, 0.6) is 0 Å². The molecule has 0 aromatic heterocycles. The first-order valence-corrected chi connectivity index (χ1v) is 11.5. The van der Waals surface area contributed by atoms with Gasteiger partial charge < -0.3 is 29.5 Å². The van der Waals surface area contributed by atoms with E-state index >= 15 is 0 Å². The summed E-state index contributed by atoms with van der Waals surface area (Å²) >= 11 is 0. The number of ether oxygens (including phenoxy) is 2. The fourth-order valence-electron chi connectivity index (χ4n) is 3.57. The second-order valence-corrected chi connectivity index (χ2v) is 9.57. The van der Waals surface area contributed by atoms with Crippen molar-refractivity contribution in [3.8, 4) is 0 Å². The van der Waals surface area contributed by atoms with E-state index in [0.717, 1.165) is 44.7 Å². The highest BCUT2D eigenvalue weighted by molar-refractivity contribution is 5.71. The second-order valence-electron chi connectivity index (χ2n) is 9.57. The molecule has 0 bridgehead atoms. The zero-order chi connectivity index (χ0) is 24.4. The lowest BCUT2D eigenvalue weighted by molar-refractivity contribution is -0.139. The number of carbonyl (C=O) groups excluding carboxylic acids is 2. The molecule has 1 aromatic carbocycles. The van der Waals surface area contributed by atoms with Gasteiger partial charge in [-0.1, -0.05) is 12.1 Å². The SMILES string of the molecule is COC(=O)CNC(CCN1CCN(C)CC1)CN(Cc1ccc(F)cc1)C(=O)OC(C)(C)C. The number of hydrogen-bond donors (Lipinski definition) is 1. The van der Waals surface area contributed by atoms with Crippen LogP contribution in [0.1, 0.15) is 32.8 Å². The number of esters is 1. The molecule has 0 radical (unpaired) electrons. The fourth-order valence-corrected chi connectivity index (χ4v) is 3.57. The monoisotopic (exact) mass is 466 g/mol. The minimum absolute atomic E-state index is 0.0581. The average molecular weight is 467 g/mol. The number of piperazine rings is 1. The van der Waals surface area contributed by atoms with E-state index in [1.165, 1.54) is 19.2 Å². The predicted molar refractivity (Wildman–Crippen MR) is 125 cm³/mol. The molecule has 1 fully saturated rings. The molecule has 8 nitrogen and oxygen atoms in total. The Morgan fingerprint density at radius 1 is 1.15 bits per heavy atom. The van der Waals surface area contributed by atoms with Gasteiger partial charge in [0.25, 0.3) is 0 Å². The van der Waals surface area contributed by atoms with E-state index in [1.807, 2.05) is 20.8 Å². The summed E-state index contributed by atoms with van der Waals surface area (Å²) in [7, 11) is 3.47. The summed E-state index contributed by atoms with van der Waals surface area (Å²) in [6.45, 7) is 11.0. The van der Waals surface area contributed by atoms with Crippen LogP contribution >= 0.6 is 0 Å².